The van der Waals surface area contributed by atoms with Crippen LogP contribution in [0.25, 0.3) is 0 Å². The minimum absolute atomic E-state index is 0.103. The molecule has 1 N–H and O–H groups in total. The molecule has 3 aromatic rings. The Morgan fingerprint density at radius 1 is 0.848 bits per heavy atom. The zero-order chi connectivity index (χ0) is 23.5. The number of ketones is 1. The average molecular weight is 442 g/mol. The minimum atomic E-state index is -0.713. The molecule has 1 heterocycles. The van der Waals surface area contributed by atoms with Gasteiger partial charge in [0.05, 0.1) is 11.6 Å². The number of aliphatic hydroxyl groups is 1. The van der Waals surface area contributed by atoms with Gasteiger partial charge in [0.2, 0.25) is 0 Å². The van der Waals surface area contributed by atoms with Gasteiger partial charge >= 0.3 is 0 Å². The Bertz CT molecular complexity index is 944. The van der Waals surface area contributed by atoms with E-state index in [4.69, 9.17) is 0 Å². The van der Waals surface area contributed by atoms with Crippen LogP contribution in [0.4, 0.5) is 0 Å². The van der Waals surface area contributed by atoms with Crippen LogP contribution in [0.5, 0.6) is 0 Å². The zero-order valence-corrected chi connectivity index (χ0v) is 19.9. The maximum Gasteiger partial charge on any atom is 0.140 e. The third kappa shape index (κ3) is 4.53. The highest BCUT2D eigenvalue weighted by Gasteiger charge is 2.48. The van der Waals surface area contributed by atoms with E-state index in [-0.39, 0.29) is 18.2 Å². The van der Waals surface area contributed by atoms with E-state index >= 15 is 0 Å². The molecule has 3 aromatic carbocycles. The first-order valence-corrected chi connectivity index (χ1v) is 12.0. The van der Waals surface area contributed by atoms with Crippen molar-refractivity contribution in [3.05, 3.63) is 108 Å². The Labute approximate surface area is 198 Å². The third-order valence-electron chi connectivity index (χ3n) is 6.98. The predicted molar refractivity (Wildman–Crippen MR) is 134 cm³/mol. The monoisotopic (exact) mass is 441 g/mol. The summed E-state index contributed by atoms with van der Waals surface area (Å²) in [5.41, 5.74) is 2.49. The maximum absolute atomic E-state index is 12.8. The van der Waals surface area contributed by atoms with Crippen molar-refractivity contribution in [3.8, 4) is 0 Å². The van der Waals surface area contributed by atoms with Crippen molar-refractivity contribution in [1.29, 1.82) is 0 Å². The highest BCUT2D eigenvalue weighted by atomic mass is 16.3. The molecule has 1 saturated heterocycles. The summed E-state index contributed by atoms with van der Waals surface area (Å²) in [6.07, 6.45) is 1.32. The van der Waals surface area contributed by atoms with Gasteiger partial charge in [-0.15, -0.1) is 0 Å². The SMILES string of the molecule is CC(C)(C)C(=O)C[C@@H](O)[C@@H]1CCCN1C(c1ccccc1)(c1ccccc1)c1ccccc1. The van der Waals surface area contributed by atoms with E-state index in [1.54, 1.807) is 0 Å². The lowest BCUT2D eigenvalue weighted by Gasteiger charge is -2.47. The molecular weight excluding hydrogens is 406 g/mol. The van der Waals surface area contributed by atoms with E-state index < -0.39 is 17.1 Å². The summed E-state index contributed by atoms with van der Waals surface area (Å²) in [4.78, 5) is 15.3. The lowest BCUT2D eigenvalue weighted by molar-refractivity contribution is -0.129. The number of aliphatic hydroxyl groups excluding tert-OH is 1. The molecular formula is C30H35NO2. The molecule has 0 radical (unpaired) electrons. The van der Waals surface area contributed by atoms with Gasteiger partial charge in [-0.05, 0) is 29.5 Å². The van der Waals surface area contributed by atoms with Crippen LogP contribution in [0.2, 0.25) is 0 Å². The summed E-state index contributed by atoms with van der Waals surface area (Å²) in [5.74, 6) is 0.103. The predicted octanol–water partition coefficient (Wildman–Crippen LogP) is 5.81. The Morgan fingerprint density at radius 3 is 1.67 bits per heavy atom. The van der Waals surface area contributed by atoms with Gasteiger partial charge < -0.3 is 5.11 Å². The molecule has 3 nitrogen and oxygen atoms in total. The van der Waals surface area contributed by atoms with Crippen molar-refractivity contribution in [2.45, 2.75) is 57.7 Å². The summed E-state index contributed by atoms with van der Waals surface area (Å²) in [6.45, 7) is 6.63. The lowest BCUT2D eigenvalue weighted by atomic mass is 9.74. The van der Waals surface area contributed by atoms with Crippen molar-refractivity contribution in [3.63, 3.8) is 0 Å². The van der Waals surface area contributed by atoms with Crippen LogP contribution in [-0.4, -0.2) is 34.5 Å². The zero-order valence-electron chi connectivity index (χ0n) is 19.9. The fourth-order valence-electron chi connectivity index (χ4n) is 5.28. The van der Waals surface area contributed by atoms with Crippen molar-refractivity contribution >= 4 is 5.78 Å². The number of benzene rings is 3. The first kappa shape index (κ1) is 23.4. The van der Waals surface area contributed by atoms with Gasteiger partial charge in [0.1, 0.15) is 5.78 Å². The van der Waals surface area contributed by atoms with Crippen molar-refractivity contribution < 1.29 is 9.90 Å². The number of carbonyl (C=O) groups excluding carboxylic acids is 1. The molecule has 33 heavy (non-hydrogen) atoms. The van der Waals surface area contributed by atoms with Crippen molar-refractivity contribution in [2.75, 3.05) is 6.54 Å². The number of carbonyl (C=O) groups is 1. The second-order valence-corrected chi connectivity index (χ2v) is 10.2. The number of Topliss-reactive ketones (excluding diaryl/α,β-unsaturated/α-hetero) is 1. The standard InChI is InChI=1S/C30H35NO2/c1-29(2,3)28(33)22-27(32)26-20-13-21-31(26)30(23-14-7-4-8-15-23,24-16-9-5-10-17-24)25-18-11-6-12-19-25/h4-12,14-19,26-27,32H,13,20-22H2,1-3H3/t26-,27+/m0/s1. The van der Waals surface area contributed by atoms with Crippen LogP contribution < -0.4 is 0 Å². The van der Waals surface area contributed by atoms with Crippen LogP contribution in [-0.2, 0) is 10.3 Å². The van der Waals surface area contributed by atoms with E-state index in [1.807, 2.05) is 39.0 Å². The summed E-state index contributed by atoms with van der Waals surface area (Å²) in [5, 5.41) is 11.4. The highest BCUT2D eigenvalue weighted by Crippen LogP contribution is 2.46. The summed E-state index contributed by atoms with van der Waals surface area (Å²) < 4.78 is 0. The molecule has 0 spiro atoms. The lowest BCUT2D eigenvalue weighted by Crippen LogP contribution is -2.54. The number of hydrogen-bond acceptors (Lipinski definition) is 3. The smallest absolute Gasteiger partial charge is 0.140 e. The maximum atomic E-state index is 12.8. The molecule has 0 saturated carbocycles. The number of likely N-dealkylation sites (tertiary alicyclic amines) is 1. The molecule has 0 aromatic heterocycles. The van der Waals surface area contributed by atoms with Crippen molar-refractivity contribution in [1.82, 2.24) is 4.90 Å². The van der Waals surface area contributed by atoms with E-state index in [2.05, 4.69) is 77.7 Å². The van der Waals surface area contributed by atoms with Gasteiger partial charge in [0.15, 0.2) is 0 Å². The molecule has 1 aliphatic heterocycles. The van der Waals surface area contributed by atoms with E-state index in [1.165, 1.54) is 16.7 Å². The molecule has 1 fully saturated rings. The van der Waals surface area contributed by atoms with Crippen LogP contribution >= 0.6 is 0 Å². The van der Waals surface area contributed by atoms with Gasteiger partial charge in [0.25, 0.3) is 0 Å². The third-order valence-corrected chi connectivity index (χ3v) is 6.98. The van der Waals surface area contributed by atoms with Gasteiger partial charge in [0, 0.05) is 24.4 Å². The number of nitrogens with zero attached hydrogens (tertiary/aromatic N) is 1. The van der Waals surface area contributed by atoms with Gasteiger partial charge in [-0.25, -0.2) is 0 Å². The number of hydrogen-bond donors (Lipinski definition) is 1. The molecule has 0 bridgehead atoms. The number of rotatable bonds is 7. The highest BCUT2D eigenvalue weighted by molar-refractivity contribution is 5.84. The second-order valence-electron chi connectivity index (χ2n) is 10.2. The summed E-state index contributed by atoms with van der Waals surface area (Å²) in [6, 6.07) is 31.6. The van der Waals surface area contributed by atoms with Crippen LogP contribution in [0, 0.1) is 5.41 Å². The molecule has 0 aliphatic carbocycles. The van der Waals surface area contributed by atoms with Crippen LogP contribution in [0.15, 0.2) is 91.0 Å². The minimum Gasteiger partial charge on any atom is -0.391 e. The summed E-state index contributed by atoms with van der Waals surface area (Å²) in [7, 11) is 0. The largest absolute Gasteiger partial charge is 0.391 e. The molecule has 2 atom stereocenters. The molecule has 1 aliphatic rings. The Morgan fingerprint density at radius 2 is 1.27 bits per heavy atom. The van der Waals surface area contributed by atoms with E-state index in [9.17, 15) is 9.90 Å². The first-order valence-electron chi connectivity index (χ1n) is 12.0. The first-order chi connectivity index (χ1) is 15.8. The second kappa shape index (κ2) is 9.62. The summed E-state index contributed by atoms with van der Waals surface area (Å²) >= 11 is 0. The fourth-order valence-corrected chi connectivity index (χ4v) is 5.28. The van der Waals surface area contributed by atoms with E-state index in [0.29, 0.717) is 0 Å². The van der Waals surface area contributed by atoms with Gasteiger partial charge in [-0.1, -0.05) is 112 Å². The molecule has 3 heteroatoms. The van der Waals surface area contributed by atoms with Crippen molar-refractivity contribution in [2.24, 2.45) is 5.41 Å². The fraction of sp³-hybridized carbons (Fsp3) is 0.367. The van der Waals surface area contributed by atoms with E-state index in [0.717, 1.165) is 19.4 Å². The Hall–Kier alpha value is -2.75. The molecule has 4 rings (SSSR count). The normalized spacial score (nSPS) is 18.2. The van der Waals surface area contributed by atoms with Crippen LogP contribution in [0.3, 0.4) is 0 Å². The average Bonchev–Trinajstić information content (AvgIpc) is 3.31. The van der Waals surface area contributed by atoms with Gasteiger partial charge in [-0.2, -0.15) is 0 Å². The Kier molecular flexibility index (Phi) is 6.83. The Balaban J connectivity index is 1.89. The van der Waals surface area contributed by atoms with Crippen LogP contribution in [0.1, 0.15) is 56.7 Å². The van der Waals surface area contributed by atoms with Gasteiger partial charge in [-0.3, -0.25) is 9.69 Å². The topological polar surface area (TPSA) is 40.5 Å². The quantitative estimate of drug-likeness (QED) is 0.471. The molecule has 0 amide bonds. The molecule has 0 unspecified atom stereocenters. The molecule has 172 valence electrons.